The van der Waals surface area contributed by atoms with Gasteiger partial charge in [0.15, 0.2) is 5.96 Å². The van der Waals surface area contributed by atoms with E-state index >= 15 is 0 Å². The quantitative estimate of drug-likeness (QED) is 0.630. The Morgan fingerprint density at radius 2 is 2.08 bits per heavy atom. The summed E-state index contributed by atoms with van der Waals surface area (Å²) in [6, 6.07) is 10.6. The summed E-state index contributed by atoms with van der Waals surface area (Å²) in [6.07, 6.45) is 3.89. The molecule has 6 nitrogen and oxygen atoms in total. The molecule has 0 aliphatic carbocycles. The molecule has 1 aromatic rings. The summed E-state index contributed by atoms with van der Waals surface area (Å²) in [6.45, 7) is 2.23. The lowest BCUT2D eigenvalue weighted by molar-refractivity contribution is -0.127. The number of fused-ring (bicyclic) bond motifs is 2. The molecule has 2 saturated heterocycles. The number of nitrogens with one attached hydrogen (secondary N) is 2. The van der Waals surface area contributed by atoms with Crippen molar-refractivity contribution in [2.24, 2.45) is 4.99 Å². The summed E-state index contributed by atoms with van der Waals surface area (Å²) in [4.78, 5) is 18.0. The summed E-state index contributed by atoms with van der Waals surface area (Å²) >= 11 is 0. The monoisotopic (exact) mass is 344 g/mol. The number of benzene rings is 1. The van der Waals surface area contributed by atoms with Gasteiger partial charge in [0, 0.05) is 14.1 Å². The number of hydrogen-bond donors (Lipinski definition) is 2. The molecule has 0 aromatic heterocycles. The van der Waals surface area contributed by atoms with Crippen molar-refractivity contribution in [2.45, 2.75) is 50.5 Å². The first-order chi connectivity index (χ1) is 12.0. The number of rotatable bonds is 5. The van der Waals surface area contributed by atoms with Crippen LogP contribution in [0.15, 0.2) is 35.3 Å². The van der Waals surface area contributed by atoms with Gasteiger partial charge in [0.25, 0.3) is 0 Å². The standard InChI is InChI=1S/C19H28N4O2/c1-13(14-7-5-4-6-8-14)21-19(20-12-18(24)23(2)3)22-16-11-15-9-10-17(16)25-15/h4-8,13,15-17H,9-12H2,1-3H3,(H2,20,21,22). The van der Waals surface area contributed by atoms with Crippen LogP contribution in [0.5, 0.6) is 0 Å². The highest BCUT2D eigenvalue weighted by Crippen LogP contribution is 2.34. The first-order valence-corrected chi connectivity index (χ1v) is 9.01. The first-order valence-electron chi connectivity index (χ1n) is 9.01. The molecule has 2 aliphatic heterocycles. The zero-order valence-corrected chi connectivity index (χ0v) is 15.2. The van der Waals surface area contributed by atoms with Gasteiger partial charge in [-0.2, -0.15) is 0 Å². The molecule has 6 heteroatoms. The fourth-order valence-corrected chi connectivity index (χ4v) is 3.42. The van der Waals surface area contributed by atoms with E-state index in [4.69, 9.17) is 4.74 Å². The van der Waals surface area contributed by atoms with Crippen molar-refractivity contribution < 1.29 is 9.53 Å². The van der Waals surface area contributed by atoms with Gasteiger partial charge in [-0.05, 0) is 31.7 Å². The molecule has 2 bridgehead atoms. The molecule has 2 N–H and O–H groups in total. The van der Waals surface area contributed by atoms with Gasteiger partial charge in [-0.1, -0.05) is 30.3 Å². The highest BCUT2D eigenvalue weighted by molar-refractivity contribution is 5.85. The minimum absolute atomic E-state index is 0.0161. The van der Waals surface area contributed by atoms with E-state index in [1.165, 1.54) is 5.56 Å². The van der Waals surface area contributed by atoms with Gasteiger partial charge in [-0.3, -0.25) is 4.79 Å². The summed E-state index contributed by atoms with van der Waals surface area (Å²) in [5.74, 6) is 0.658. The predicted octanol–water partition coefficient (Wildman–Crippen LogP) is 1.69. The van der Waals surface area contributed by atoms with E-state index in [9.17, 15) is 4.79 Å². The van der Waals surface area contributed by atoms with E-state index in [1.54, 1.807) is 19.0 Å². The van der Waals surface area contributed by atoms with E-state index in [0.29, 0.717) is 12.1 Å². The number of ether oxygens (including phenoxy) is 1. The van der Waals surface area contributed by atoms with Crippen LogP contribution in [-0.2, 0) is 9.53 Å². The highest BCUT2D eigenvalue weighted by atomic mass is 16.5. The number of nitrogens with zero attached hydrogens (tertiary/aromatic N) is 2. The average molecular weight is 344 g/mol. The molecule has 2 aliphatic rings. The SMILES string of the molecule is CC(NC(=NCC(=O)N(C)C)NC1CC2CCC1O2)c1ccccc1. The van der Waals surface area contributed by atoms with Crippen LogP contribution in [-0.4, -0.2) is 55.7 Å². The average Bonchev–Trinajstić information content (AvgIpc) is 3.23. The van der Waals surface area contributed by atoms with E-state index in [0.717, 1.165) is 19.3 Å². The molecule has 0 radical (unpaired) electrons. The lowest BCUT2D eigenvalue weighted by Gasteiger charge is -2.25. The third kappa shape index (κ3) is 4.51. The second-order valence-corrected chi connectivity index (χ2v) is 7.09. The van der Waals surface area contributed by atoms with Crippen molar-refractivity contribution in [3.05, 3.63) is 35.9 Å². The molecule has 1 aromatic carbocycles. The number of aliphatic imine (C=N–C) groups is 1. The predicted molar refractivity (Wildman–Crippen MR) is 98.4 cm³/mol. The van der Waals surface area contributed by atoms with E-state index < -0.39 is 0 Å². The number of carbonyl (C=O) groups is 1. The molecular weight excluding hydrogens is 316 g/mol. The van der Waals surface area contributed by atoms with Crippen LogP contribution < -0.4 is 10.6 Å². The zero-order chi connectivity index (χ0) is 17.8. The maximum absolute atomic E-state index is 11.9. The van der Waals surface area contributed by atoms with Gasteiger partial charge in [0.2, 0.25) is 5.91 Å². The Kier molecular flexibility index (Phi) is 5.58. The molecule has 4 unspecified atom stereocenters. The summed E-state index contributed by atoms with van der Waals surface area (Å²) in [7, 11) is 3.49. The number of hydrogen-bond acceptors (Lipinski definition) is 3. The minimum Gasteiger partial charge on any atom is -0.373 e. The minimum atomic E-state index is -0.0161. The normalized spacial score (nSPS) is 26.4. The molecule has 25 heavy (non-hydrogen) atoms. The Hall–Kier alpha value is -2.08. The number of guanidine groups is 1. The van der Waals surface area contributed by atoms with Crippen LogP contribution in [0.2, 0.25) is 0 Å². The Balaban J connectivity index is 1.67. The largest absolute Gasteiger partial charge is 0.373 e. The molecule has 4 atom stereocenters. The van der Waals surface area contributed by atoms with Crippen LogP contribution in [0.3, 0.4) is 0 Å². The van der Waals surface area contributed by atoms with Crippen LogP contribution in [0.1, 0.15) is 37.8 Å². The molecule has 3 rings (SSSR count). The third-order valence-corrected chi connectivity index (χ3v) is 4.95. The molecular formula is C19H28N4O2. The Bertz CT molecular complexity index is 617. The van der Waals surface area contributed by atoms with Gasteiger partial charge >= 0.3 is 0 Å². The Labute approximate surface area is 149 Å². The van der Waals surface area contributed by atoms with Crippen LogP contribution in [0.25, 0.3) is 0 Å². The zero-order valence-electron chi connectivity index (χ0n) is 15.2. The molecule has 0 saturated carbocycles. The topological polar surface area (TPSA) is 66.0 Å². The summed E-state index contributed by atoms with van der Waals surface area (Å²) < 4.78 is 5.92. The number of carbonyl (C=O) groups excluding carboxylic acids is 1. The van der Waals surface area contributed by atoms with Crippen molar-refractivity contribution >= 4 is 11.9 Å². The number of likely N-dealkylation sites (N-methyl/N-ethyl adjacent to an activating group) is 1. The second kappa shape index (κ2) is 7.87. The van der Waals surface area contributed by atoms with Gasteiger partial charge in [0.05, 0.1) is 24.3 Å². The maximum atomic E-state index is 11.9. The lowest BCUT2D eigenvalue weighted by atomic mass is 9.96. The second-order valence-electron chi connectivity index (χ2n) is 7.09. The van der Waals surface area contributed by atoms with E-state index in [2.05, 4.69) is 34.7 Å². The van der Waals surface area contributed by atoms with Crippen molar-refractivity contribution in [3.63, 3.8) is 0 Å². The van der Waals surface area contributed by atoms with Crippen molar-refractivity contribution in [2.75, 3.05) is 20.6 Å². The Morgan fingerprint density at radius 3 is 2.68 bits per heavy atom. The fourth-order valence-electron chi connectivity index (χ4n) is 3.42. The smallest absolute Gasteiger partial charge is 0.243 e. The molecule has 2 fully saturated rings. The van der Waals surface area contributed by atoms with Crippen LogP contribution in [0.4, 0.5) is 0 Å². The van der Waals surface area contributed by atoms with Crippen LogP contribution in [0, 0.1) is 0 Å². The molecule has 2 heterocycles. The fraction of sp³-hybridized carbons (Fsp3) is 0.579. The summed E-state index contributed by atoms with van der Waals surface area (Å²) in [5, 5.41) is 6.91. The van der Waals surface area contributed by atoms with E-state index in [-0.39, 0.29) is 30.6 Å². The molecule has 1 amide bonds. The van der Waals surface area contributed by atoms with Crippen LogP contribution >= 0.6 is 0 Å². The molecule has 136 valence electrons. The van der Waals surface area contributed by atoms with Crippen molar-refractivity contribution in [1.82, 2.24) is 15.5 Å². The van der Waals surface area contributed by atoms with E-state index in [1.807, 2.05) is 18.2 Å². The van der Waals surface area contributed by atoms with Crippen molar-refractivity contribution in [3.8, 4) is 0 Å². The van der Waals surface area contributed by atoms with Gasteiger partial charge < -0.3 is 20.3 Å². The highest BCUT2D eigenvalue weighted by Gasteiger charge is 2.41. The van der Waals surface area contributed by atoms with Crippen molar-refractivity contribution in [1.29, 1.82) is 0 Å². The van der Waals surface area contributed by atoms with Gasteiger partial charge in [0.1, 0.15) is 6.54 Å². The maximum Gasteiger partial charge on any atom is 0.243 e. The summed E-state index contributed by atoms with van der Waals surface area (Å²) in [5.41, 5.74) is 1.18. The third-order valence-electron chi connectivity index (χ3n) is 4.95. The van der Waals surface area contributed by atoms with Gasteiger partial charge in [-0.25, -0.2) is 4.99 Å². The number of amides is 1. The Morgan fingerprint density at radius 1 is 1.32 bits per heavy atom. The lowest BCUT2D eigenvalue weighted by Crippen LogP contribution is -2.48. The first kappa shape index (κ1) is 17.7. The molecule has 0 spiro atoms. The van der Waals surface area contributed by atoms with Gasteiger partial charge in [-0.15, -0.1) is 0 Å².